The first-order chi connectivity index (χ1) is 16.2. The van der Waals surface area contributed by atoms with Crippen LogP contribution in [0.2, 0.25) is 0 Å². The van der Waals surface area contributed by atoms with Gasteiger partial charge in [0.2, 0.25) is 0 Å². The van der Waals surface area contributed by atoms with E-state index in [1.807, 2.05) is 64.1 Å². The van der Waals surface area contributed by atoms with Crippen molar-refractivity contribution in [2.75, 3.05) is 5.32 Å². The van der Waals surface area contributed by atoms with Crippen LogP contribution >= 0.6 is 0 Å². The average Bonchev–Trinajstić information content (AvgIpc) is 2.80. The Morgan fingerprint density at radius 1 is 1.06 bits per heavy atom. The summed E-state index contributed by atoms with van der Waals surface area (Å²) >= 11 is 0. The largest absolute Gasteiger partial charge is 0.483 e. The third kappa shape index (κ3) is 5.39. The first kappa shape index (κ1) is 23.8. The Kier molecular flexibility index (Phi) is 6.89. The minimum atomic E-state index is -0.846. The number of anilines is 1. The van der Waals surface area contributed by atoms with Crippen LogP contribution in [0.3, 0.4) is 0 Å². The molecule has 0 aromatic heterocycles. The van der Waals surface area contributed by atoms with Crippen molar-refractivity contribution >= 4 is 11.7 Å². The number of hydrogen-bond donors (Lipinski definition) is 1. The predicted molar refractivity (Wildman–Crippen MR) is 129 cm³/mol. The van der Waals surface area contributed by atoms with E-state index in [9.17, 15) is 9.18 Å². The van der Waals surface area contributed by atoms with Crippen molar-refractivity contribution in [3.63, 3.8) is 0 Å². The number of halogens is 1. The maximum Gasteiger partial charge on any atom is 0.338 e. The van der Waals surface area contributed by atoms with E-state index in [1.165, 1.54) is 29.8 Å². The molecule has 0 aliphatic carbocycles. The average molecular weight is 464 g/mol. The molecular formula is C28H30FNO4. The van der Waals surface area contributed by atoms with Crippen molar-refractivity contribution in [2.45, 2.75) is 58.2 Å². The molecule has 0 fully saturated rings. The van der Waals surface area contributed by atoms with Gasteiger partial charge in [0.1, 0.15) is 23.3 Å². The van der Waals surface area contributed by atoms with Crippen LogP contribution in [0.5, 0.6) is 5.75 Å². The third-order valence-electron chi connectivity index (χ3n) is 5.72. The highest BCUT2D eigenvalue weighted by molar-refractivity contribution is 5.89. The van der Waals surface area contributed by atoms with Crippen LogP contribution in [0.1, 0.15) is 55.3 Å². The second-order valence-electron chi connectivity index (χ2n) is 9.24. The van der Waals surface area contributed by atoms with Gasteiger partial charge in [0.25, 0.3) is 0 Å². The molecule has 3 aromatic carbocycles. The number of fused-ring (bicyclic) bond motifs is 1. The first-order valence-electron chi connectivity index (χ1n) is 11.5. The van der Waals surface area contributed by atoms with Gasteiger partial charge in [-0.3, -0.25) is 0 Å². The summed E-state index contributed by atoms with van der Waals surface area (Å²) in [5.41, 5.74) is 2.31. The Labute approximate surface area is 199 Å². The van der Waals surface area contributed by atoms with E-state index in [4.69, 9.17) is 14.2 Å². The molecule has 1 aliphatic heterocycles. The molecule has 0 spiro atoms. The van der Waals surface area contributed by atoms with Gasteiger partial charge >= 0.3 is 5.97 Å². The van der Waals surface area contributed by atoms with Crippen molar-refractivity contribution in [1.29, 1.82) is 0 Å². The smallest absolute Gasteiger partial charge is 0.338 e. The van der Waals surface area contributed by atoms with Crippen LogP contribution in [0, 0.1) is 5.82 Å². The van der Waals surface area contributed by atoms with Crippen molar-refractivity contribution in [2.24, 2.45) is 0 Å². The maximum absolute atomic E-state index is 13.3. The molecule has 2 unspecified atom stereocenters. The van der Waals surface area contributed by atoms with Gasteiger partial charge in [0, 0.05) is 17.8 Å². The standard InChI is InChI=1S/C28H30FNO4/c1-18(2)32-25-23-16-22(30-17-19-8-6-5-7-9-19)14-15-24(23)34-28(3,4)26(25)33-27(31)20-10-12-21(29)13-11-20/h5-16,18,25-26,30H,17H2,1-4H3. The summed E-state index contributed by atoms with van der Waals surface area (Å²) < 4.78 is 31.8. The fourth-order valence-corrected chi connectivity index (χ4v) is 4.05. The van der Waals surface area contributed by atoms with Gasteiger partial charge in [-0.25, -0.2) is 9.18 Å². The van der Waals surface area contributed by atoms with Crippen molar-refractivity contribution in [3.8, 4) is 5.75 Å². The number of benzene rings is 3. The number of esters is 1. The zero-order valence-corrected chi connectivity index (χ0v) is 19.9. The van der Waals surface area contributed by atoms with Gasteiger partial charge in [0.05, 0.1) is 11.7 Å². The molecule has 2 atom stereocenters. The van der Waals surface area contributed by atoms with Crippen LogP contribution in [-0.4, -0.2) is 23.8 Å². The number of ether oxygens (including phenoxy) is 3. The van der Waals surface area contributed by atoms with Crippen LogP contribution in [0.15, 0.2) is 72.8 Å². The zero-order valence-electron chi connectivity index (χ0n) is 19.9. The number of rotatable bonds is 7. The summed E-state index contributed by atoms with van der Waals surface area (Å²) in [7, 11) is 0. The quantitative estimate of drug-likeness (QED) is 0.417. The van der Waals surface area contributed by atoms with Crippen molar-refractivity contribution in [3.05, 3.63) is 95.3 Å². The van der Waals surface area contributed by atoms with E-state index in [2.05, 4.69) is 17.4 Å². The highest BCUT2D eigenvalue weighted by Crippen LogP contribution is 2.45. The molecule has 34 heavy (non-hydrogen) atoms. The molecule has 178 valence electrons. The number of carbonyl (C=O) groups excluding carboxylic acids is 1. The van der Waals surface area contributed by atoms with E-state index in [0.717, 1.165) is 11.3 Å². The fraction of sp³-hybridized carbons (Fsp3) is 0.321. The second kappa shape index (κ2) is 9.85. The number of hydrogen-bond acceptors (Lipinski definition) is 5. The molecular weight excluding hydrogens is 433 g/mol. The molecule has 5 nitrogen and oxygen atoms in total. The molecule has 1 aliphatic rings. The fourth-order valence-electron chi connectivity index (χ4n) is 4.05. The first-order valence-corrected chi connectivity index (χ1v) is 11.5. The Morgan fingerprint density at radius 3 is 2.44 bits per heavy atom. The Hall–Kier alpha value is -3.38. The van der Waals surface area contributed by atoms with E-state index in [-0.39, 0.29) is 11.7 Å². The van der Waals surface area contributed by atoms with Gasteiger partial charge in [-0.05, 0) is 75.7 Å². The molecule has 1 N–H and O–H groups in total. The molecule has 6 heteroatoms. The Bertz CT molecular complexity index is 1130. The van der Waals surface area contributed by atoms with Gasteiger partial charge in [-0.2, -0.15) is 0 Å². The summed E-state index contributed by atoms with van der Waals surface area (Å²) in [5, 5.41) is 3.44. The van der Waals surface area contributed by atoms with Crippen molar-refractivity contribution in [1.82, 2.24) is 0 Å². The van der Waals surface area contributed by atoms with Crippen LogP contribution in [-0.2, 0) is 16.0 Å². The summed E-state index contributed by atoms with van der Waals surface area (Å²) in [4.78, 5) is 12.9. The van der Waals surface area contributed by atoms with E-state index in [0.29, 0.717) is 12.3 Å². The summed E-state index contributed by atoms with van der Waals surface area (Å²) in [6.45, 7) is 8.30. The molecule has 0 amide bonds. The van der Waals surface area contributed by atoms with Crippen LogP contribution in [0.25, 0.3) is 0 Å². The topological polar surface area (TPSA) is 56.8 Å². The molecule has 0 saturated heterocycles. The molecule has 0 radical (unpaired) electrons. The molecule has 0 bridgehead atoms. The monoisotopic (exact) mass is 463 g/mol. The predicted octanol–water partition coefficient (Wildman–Crippen LogP) is 6.30. The Morgan fingerprint density at radius 2 is 1.76 bits per heavy atom. The lowest BCUT2D eigenvalue weighted by atomic mass is 9.87. The number of nitrogens with one attached hydrogen (secondary N) is 1. The van der Waals surface area contributed by atoms with E-state index < -0.39 is 29.6 Å². The zero-order chi connectivity index (χ0) is 24.3. The molecule has 4 rings (SSSR count). The lowest BCUT2D eigenvalue weighted by Crippen LogP contribution is -2.52. The molecule has 1 heterocycles. The van der Waals surface area contributed by atoms with Crippen molar-refractivity contribution < 1.29 is 23.4 Å². The van der Waals surface area contributed by atoms with Gasteiger partial charge < -0.3 is 19.5 Å². The number of carbonyl (C=O) groups is 1. The highest BCUT2D eigenvalue weighted by Gasteiger charge is 2.48. The minimum Gasteiger partial charge on any atom is -0.483 e. The van der Waals surface area contributed by atoms with Crippen LogP contribution in [0.4, 0.5) is 10.1 Å². The molecule has 3 aromatic rings. The maximum atomic E-state index is 13.3. The van der Waals surface area contributed by atoms with E-state index >= 15 is 0 Å². The third-order valence-corrected chi connectivity index (χ3v) is 5.72. The summed E-state index contributed by atoms with van der Waals surface area (Å²) in [6, 6.07) is 21.3. The van der Waals surface area contributed by atoms with Crippen LogP contribution < -0.4 is 10.1 Å². The summed E-state index contributed by atoms with van der Waals surface area (Å²) in [6.07, 6.45) is -1.37. The molecule has 0 saturated carbocycles. The lowest BCUT2D eigenvalue weighted by Gasteiger charge is -2.44. The van der Waals surface area contributed by atoms with Gasteiger partial charge in [-0.1, -0.05) is 30.3 Å². The second-order valence-corrected chi connectivity index (χ2v) is 9.24. The van der Waals surface area contributed by atoms with E-state index in [1.54, 1.807) is 0 Å². The normalized spacial score (nSPS) is 18.6. The van der Waals surface area contributed by atoms with Gasteiger partial charge in [0.15, 0.2) is 6.10 Å². The van der Waals surface area contributed by atoms with Gasteiger partial charge in [-0.15, -0.1) is 0 Å². The lowest BCUT2D eigenvalue weighted by molar-refractivity contribution is -0.151. The SMILES string of the molecule is CC(C)OC1c2cc(NCc3ccccc3)ccc2OC(C)(C)C1OC(=O)c1ccc(F)cc1. The minimum absolute atomic E-state index is 0.111. The summed E-state index contributed by atoms with van der Waals surface area (Å²) in [5.74, 6) is -0.279. The highest BCUT2D eigenvalue weighted by atomic mass is 19.1. The Balaban J connectivity index is 1.62.